The van der Waals surface area contributed by atoms with Gasteiger partial charge in [0.25, 0.3) is 0 Å². The van der Waals surface area contributed by atoms with Gasteiger partial charge in [-0.15, -0.1) is 15.3 Å². The number of nitrogen functional groups attached to an aromatic ring is 1. The quantitative estimate of drug-likeness (QED) is 0.0797. The molecule has 0 aliphatic rings. The number of rotatable bonds is 7. The largest absolute Gasteiger partial charge is 1.00 e. The second kappa shape index (κ2) is 16.1. The van der Waals surface area contributed by atoms with E-state index in [2.05, 4.69) is 20.5 Å². The van der Waals surface area contributed by atoms with Gasteiger partial charge in [0.05, 0.1) is 41.5 Å². The molecule has 0 atom stereocenters. The topological polar surface area (TPSA) is 267 Å². The van der Waals surface area contributed by atoms with E-state index >= 15 is 0 Å². The first-order valence-corrected chi connectivity index (χ1v) is 15.7. The molecule has 0 saturated carbocycles. The zero-order valence-electron chi connectivity index (χ0n) is 23.2. The standard InChI is InChI=1S/C22H15Cl2N5O10S3.3Na/c23-12-9-15(40(31,32)33)13(24)8-14(12)27-28-20-16(41(34,35)36)6-10-7-17(42(37,38)39)21(22(30)18(10)19(20)25)29-26-11-4-2-1-3-5-11;;;/h1-9,30H,25H2,(H,31,32,33)(H,34,35,36)(H,37,38,39);;;/q;3*+1/p-3. The third kappa shape index (κ3) is 9.67. The molecule has 0 aliphatic carbocycles. The predicted molar refractivity (Wildman–Crippen MR) is 145 cm³/mol. The Morgan fingerprint density at radius 1 is 0.644 bits per heavy atom. The monoisotopic (exact) mass is 741 g/mol. The van der Waals surface area contributed by atoms with E-state index in [1.807, 2.05) is 0 Å². The maximum absolute atomic E-state index is 12.1. The fraction of sp³-hybridized carbons (Fsp3) is 0. The minimum Gasteiger partial charge on any atom is -0.744 e. The Morgan fingerprint density at radius 3 is 1.64 bits per heavy atom. The summed E-state index contributed by atoms with van der Waals surface area (Å²) in [5, 5.41) is 23.7. The molecule has 0 bridgehead atoms. The molecule has 45 heavy (non-hydrogen) atoms. The van der Waals surface area contributed by atoms with Gasteiger partial charge in [-0.25, -0.2) is 25.3 Å². The summed E-state index contributed by atoms with van der Waals surface area (Å²) < 4.78 is 106. The van der Waals surface area contributed by atoms with Crippen molar-refractivity contribution >= 4 is 92.8 Å². The number of fused-ring (bicyclic) bond motifs is 1. The van der Waals surface area contributed by atoms with Crippen LogP contribution in [0.1, 0.15) is 0 Å². The molecule has 3 N–H and O–H groups in total. The fourth-order valence-electron chi connectivity index (χ4n) is 3.58. The van der Waals surface area contributed by atoms with Crippen LogP contribution in [0, 0.1) is 0 Å². The van der Waals surface area contributed by atoms with Crippen LogP contribution in [0.25, 0.3) is 10.8 Å². The van der Waals surface area contributed by atoms with Crippen LogP contribution >= 0.6 is 23.2 Å². The van der Waals surface area contributed by atoms with E-state index in [1.54, 1.807) is 18.2 Å². The van der Waals surface area contributed by atoms with Gasteiger partial charge in [-0.1, -0.05) is 41.4 Å². The first-order chi connectivity index (χ1) is 19.4. The van der Waals surface area contributed by atoms with Crippen molar-refractivity contribution in [2.24, 2.45) is 20.5 Å². The second-order valence-corrected chi connectivity index (χ2v) is 13.0. The van der Waals surface area contributed by atoms with Crippen LogP contribution in [-0.2, 0) is 30.4 Å². The summed E-state index contributed by atoms with van der Waals surface area (Å²) in [7, 11) is -15.8. The number of phenols is 1. The number of azo groups is 2. The Kier molecular flexibility index (Phi) is 15.1. The van der Waals surface area contributed by atoms with Crippen molar-refractivity contribution in [2.45, 2.75) is 14.7 Å². The Morgan fingerprint density at radius 2 is 1.13 bits per heavy atom. The Bertz CT molecular complexity index is 2170. The van der Waals surface area contributed by atoms with Crippen molar-refractivity contribution in [1.82, 2.24) is 0 Å². The summed E-state index contributed by atoms with van der Waals surface area (Å²) in [5.41, 5.74) is 3.45. The molecule has 15 nitrogen and oxygen atoms in total. The van der Waals surface area contributed by atoms with Crippen LogP contribution in [-0.4, -0.2) is 44.0 Å². The first kappa shape index (κ1) is 42.3. The van der Waals surface area contributed by atoms with Crippen LogP contribution in [0.3, 0.4) is 0 Å². The van der Waals surface area contributed by atoms with E-state index in [0.717, 1.165) is 6.07 Å². The van der Waals surface area contributed by atoms with Crippen molar-refractivity contribution in [3.05, 3.63) is 64.6 Å². The number of nitrogens with two attached hydrogens (primary N) is 1. The average Bonchev–Trinajstić information content (AvgIpc) is 2.87. The SMILES string of the molecule is Nc1c(N=Nc2cc(Cl)c(S(=O)(=O)[O-])cc2Cl)c(S(=O)(=O)[O-])cc2cc(S(=O)(=O)[O-])c(N=Nc3ccccc3)c(O)c12.[Na+].[Na+].[Na+]. The summed E-state index contributed by atoms with van der Waals surface area (Å²) in [6, 6.07) is 10.5. The zero-order valence-corrected chi connectivity index (χ0v) is 33.1. The number of phenolic OH excluding ortho intramolecular Hbond substituents is 1. The van der Waals surface area contributed by atoms with E-state index in [4.69, 9.17) is 28.9 Å². The Labute approximate surface area is 332 Å². The number of hydrogen-bond acceptors (Lipinski definition) is 15. The first-order valence-electron chi connectivity index (χ1n) is 10.8. The minimum atomic E-state index is -5.43. The van der Waals surface area contributed by atoms with Gasteiger partial charge >= 0.3 is 88.7 Å². The second-order valence-electron chi connectivity index (χ2n) is 8.14. The Balaban J connectivity index is 0.00000337. The molecular formula is C22H12Cl2N5Na3O10S3. The maximum atomic E-state index is 12.1. The molecule has 23 heteroatoms. The van der Waals surface area contributed by atoms with Gasteiger partial charge in [0.1, 0.15) is 47.4 Å². The van der Waals surface area contributed by atoms with Crippen LogP contribution in [0.4, 0.5) is 28.4 Å². The van der Waals surface area contributed by atoms with Crippen molar-refractivity contribution < 1.29 is 133 Å². The molecule has 0 radical (unpaired) electrons. The van der Waals surface area contributed by atoms with Gasteiger partial charge < -0.3 is 24.5 Å². The van der Waals surface area contributed by atoms with E-state index in [-0.39, 0.29) is 94.4 Å². The predicted octanol–water partition coefficient (Wildman–Crippen LogP) is -4.01. The number of hydrogen-bond donors (Lipinski definition) is 2. The number of anilines is 1. The molecule has 0 saturated heterocycles. The molecule has 0 unspecified atom stereocenters. The van der Waals surface area contributed by atoms with Crippen LogP contribution in [0.5, 0.6) is 5.75 Å². The summed E-state index contributed by atoms with van der Waals surface area (Å²) in [6.07, 6.45) is 0. The summed E-state index contributed by atoms with van der Waals surface area (Å²) in [6.45, 7) is 0. The number of halogens is 2. The van der Waals surface area contributed by atoms with Crippen molar-refractivity contribution in [3.8, 4) is 5.75 Å². The fourth-order valence-corrected chi connectivity index (χ4v) is 6.16. The van der Waals surface area contributed by atoms with Crippen LogP contribution < -0.4 is 94.4 Å². The van der Waals surface area contributed by atoms with Crippen molar-refractivity contribution in [1.29, 1.82) is 0 Å². The normalized spacial score (nSPS) is 12.1. The van der Waals surface area contributed by atoms with E-state index in [9.17, 15) is 44.0 Å². The molecular weight excluding hydrogens is 730 g/mol. The van der Waals surface area contributed by atoms with Gasteiger partial charge in [0.2, 0.25) is 0 Å². The summed E-state index contributed by atoms with van der Waals surface area (Å²) >= 11 is 11.8. The molecule has 0 spiro atoms. The number of nitrogens with zero attached hydrogens (tertiary/aromatic N) is 4. The molecule has 0 fully saturated rings. The van der Waals surface area contributed by atoms with Gasteiger partial charge in [0.15, 0.2) is 5.75 Å². The molecule has 4 aromatic carbocycles. The van der Waals surface area contributed by atoms with Gasteiger partial charge in [-0.05, 0) is 41.8 Å². The summed E-state index contributed by atoms with van der Waals surface area (Å²) in [5.74, 6) is -1.03. The maximum Gasteiger partial charge on any atom is 1.00 e. The zero-order chi connectivity index (χ0) is 31.2. The van der Waals surface area contributed by atoms with E-state index in [1.165, 1.54) is 12.1 Å². The van der Waals surface area contributed by atoms with E-state index < -0.39 is 94.4 Å². The van der Waals surface area contributed by atoms with Gasteiger partial charge in [-0.2, -0.15) is 5.11 Å². The molecule has 4 aromatic rings. The smallest absolute Gasteiger partial charge is 0.744 e. The molecule has 0 aliphatic heterocycles. The van der Waals surface area contributed by atoms with Crippen LogP contribution in [0.15, 0.2) is 89.7 Å². The summed E-state index contributed by atoms with van der Waals surface area (Å²) in [4.78, 5) is -3.14. The van der Waals surface area contributed by atoms with Crippen LogP contribution in [0.2, 0.25) is 10.0 Å². The van der Waals surface area contributed by atoms with E-state index in [0.29, 0.717) is 18.2 Å². The number of benzene rings is 4. The molecule has 4 rings (SSSR count). The third-order valence-corrected chi connectivity index (χ3v) is 8.71. The van der Waals surface area contributed by atoms with Crippen molar-refractivity contribution in [2.75, 3.05) is 5.73 Å². The van der Waals surface area contributed by atoms with Gasteiger partial charge in [0, 0.05) is 0 Å². The van der Waals surface area contributed by atoms with Crippen molar-refractivity contribution in [3.63, 3.8) is 0 Å². The Hall–Kier alpha value is -0.750. The number of aromatic hydroxyl groups is 1. The molecule has 0 amide bonds. The van der Waals surface area contributed by atoms with Gasteiger partial charge in [-0.3, -0.25) is 0 Å². The third-order valence-electron chi connectivity index (χ3n) is 5.40. The molecule has 0 heterocycles. The average molecular weight is 742 g/mol. The molecule has 220 valence electrons. The molecule has 0 aromatic heterocycles. The minimum absolute atomic E-state index is 0.